The zero-order valence-electron chi connectivity index (χ0n) is 14.2. The molecule has 1 N–H and O–H groups in total. The summed E-state index contributed by atoms with van der Waals surface area (Å²) in [6.07, 6.45) is 0.265. The summed E-state index contributed by atoms with van der Waals surface area (Å²) in [7, 11) is 0. The summed E-state index contributed by atoms with van der Waals surface area (Å²) >= 11 is 1.57. The van der Waals surface area contributed by atoms with Gasteiger partial charge in [0.05, 0.1) is 18.0 Å². The van der Waals surface area contributed by atoms with E-state index in [1.165, 1.54) is 17.0 Å². The van der Waals surface area contributed by atoms with Crippen molar-refractivity contribution in [1.29, 1.82) is 0 Å². The van der Waals surface area contributed by atoms with Crippen LogP contribution in [0.2, 0.25) is 0 Å². The van der Waals surface area contributed by atoms with Gasteiger partial charge in [0.1, 0.15) is 17.3 Å². The molecule has 0 saturated carbocycles. The van der Waals surface area contributed by atoms with Crippen molar-refractivity contribution in [3.05, 3.63) is 57.8 Å². The number of nitrogens with one attached hydrogen (secondary N) is 1. The van der Waals surface area contributed by atoms with Crippen LogP contribution in [0.4, 0.5) is 13.6 Å². The number of carbonyl (C=O) groups excluding carboxylic acids is 1. The Morgan fingerprint density at radius 2 is 2.27 bits per heavy atom. The number of hydrogen-bond donors (Lipinski definition) is 1. The highest BCUT2D eigenvalue weighted by Crippen LogP contribution is 2.22. The lowest BCUT2D eigenvalue weighted by atomic mass is 10.1. The number of benzene rings is 1. The molecule has 26 heavy (non-hydrogen) atoms. The van der Waals surface area contributed by atoms with Crippen LogP contribution in [0.3, 0.4) is 0 Å². The number of oxime groups is 1. The molecule has 0 aliphatic carbocycles. The summed E-state index contributed by atoms with van der Waals surface area (Å²) < 4.78 is 27.1. The van der Waals surface area contributed by atoms with E-state index in [2.05, 4.69) is 10.5 Å². The van der Waals surface area contributed by atoms with E-state index in [9.17, 15) is 13.6 Å². The lowest BCUT2D eigenvalue weighted by Gasteiger charge is -2.25. The molecular weight excluding hydrogens is 360 g/mol. The van der Waals surface area contributed by atoms with Crippen LogP contribution >= 0.6 is 11.3 Å². The molecule has 0 spiro atoms. The first kappa shape index (κ1) is 18.3. The van der Waals surface area contributed by atoms with Crippen molar-refractivity contribution >= 4 is 23.1 Å². The van der Waals surface area contributed by atoms with Gasteiger partial charge in [-0.3, -0.25) is 0 Å². The number of amides is 2. The molecule has 3 rings (SSSR count). The van der Waals surface area contributed by atoms with Gasteiger partial charge in [0.2, 0.25) is 0 Å². The Hall–Kier alpha value is -2.48. The van der Waals surface area contributed by atoms with E-state index in [4.69, 9.17) is 4.84 Å². The second-order valence-corrected chi connectivity index (χ2v) is 6.85. The summed E-state index contributed by atoms with van der Waals surface area (Å²) in [6, 6.07) is 6.91. The SMILES string of the molecule is CCNC(=O)N(Cc1ccc(F)cc1F)C[C@H]1CC(c2cccs2)=NO1. The number of rotatable bonds is 6. The molecule has 138 valence electrons. The van der Waals surface area contributed by atoms with Gasteiger partial charge in [0.25, 0.3) is 0 Å². The first-order chi connectivity index (χ1) is 12.6. The van der Waals surface area contributed by atoms with Crippen molar-refractivity contribution in [3.8, 4) is 0 Å². The van der Waals surface area contributed by atoms with Crippen LogP contribution in [0.25, 0.3) is 0 Å². The molecule has 1 atom stereocenters. The molecule has 0 radical (unpaired) electrons. The molecule has 0 fully saturated rings. The van der Waals surface area contributed by atoms with Crippen LogP contribution in [0.15, 0.2) is 40.9 Å². The molecule has 0 saturated heterocycles. The van der Waals surface area contributed by atoms with E-state index in [0.29, 0.717) is 13.0 Å². The standard InChI is InChI=1S/C18H19F2N3O2S/c1-2-21-18(24)23(10-12-5-6-13(19)8-15(12)20)11-14-9-16(22-25-14)17-4-3-7-26-17/h3-8,14H,2,9-11H2,1H3,(H,21,24)/t14-/m1/s1. The van der Waals surface area contributed by atoms with Crippen molar-refractivity contribution in [2.24, 2.45) is 5.16 Å². The Kier molecular flexibility index (Phi) is 5.82. The minimum Gasteiger partial charge on any atom is -0.390 e. The largest absolute Gasteiger partial charge is 0.390 e. The molecule has 1 aliphatic rings. The smallest absolute Gasteiger partial charge is 0.317 e. The molecule has 8 heteroatoms. The van der Waals surface area contributed by atoms with Gasteiger partial charge in [0.15, 0.2) is 6.10 Å². The number of halogens is 2. The van der Waals surface area contributed by atoms with Gasteiger partial charge in [-0.05, 0) is 24.4 Å². The maximum Gasteiger partial charge on any atom is 0.317 e. The fourth-order valence-corrected chi connectivity index (χ4v) is 3.42. The molecule has 1 aromatic heterocycles. The highest BCUT2D eigenvalue weighted by Gasteiger charge is 2.27. The van der Waals surface area contributed by atoms with Gasteiger partial charge in [-0.15, -0.1) is 11.3 Å². The van der Waals surface area contributed by atoms with E-state index >= 15 is 0 Å². The van der Waals surface area contributed by atoms with E-state index in [-0.39, 0.29) is 30.8 Å². The van der Waals surface area contributed by atoms with E-state index < -0.39 is 11.6 Å². The zero-order chi connectivity index (χ0) is 18.5. The van der Waals surface area contributed by atoms with Crippen molar-refractivity contribution < 1.29 is 18.4 Å². The molecule has 1 aliphatic heterocycles. The van der Waals surface area contributed by atoms with Crippen LogP contribution in [0.5, 0.6) is 0 Å². The van der Waals surface area contributed by atoms with Crippen molar-refractivity contribution in [2.45, 2.75) is 26.0 Å². The summed E-state index contributed by atoms with van der Waals surface area (Å²) in [5.41, 5.74) is 1.09. The van der Waals surface area contributed by atoms with Crippen molar-refractivity contribution in [2.75, 3.05) is 13.1 Å². The maximum absolute atomic E-state index is 14.0. The van der Waals surface area contributed by atoms with Crippen LogP contribution in [-0.2, 0) is 11.4 Å². The van der Waals surface area contributed by atoms with Crippen molar-refractivity contribution in [3.63, 3.8) is 0 Å². The number of thiophene rings is 1. The average Bonchev–Trinajstić information content (AvgIpc) is 3.28. The summed E-state index contributed by atoms with van der Waals surface area (Å²) in [5.74, 6) is -1.33. The molecular formula is C18H19F2N3O2S. The third-order valence-corrected chi connectivity index (χ3v) is 4.87. The molecule has 5 nitrogen and oxygen atoms in total. The monoisotopic (exact) mass is 379 g/mol. The topological polar surface area (TPSA) is 53.9 Å². The van der Waals surface area contributed by atoms with Gasteiger partial charge < -0.3 is 15.1 Å². The Balaban J connectivity index is 1.68. The summed E-state index contributed by atoms with van der Waals surface area (Å²) in [6.45, 7) is 2.52. The lowest BCUT2D eigenvalue weighted by molar-refractivity contribution is 0.0588. The van der Waals surface area contributed by atoms with E-state index in [0.717, 1.165) is 16.7 Å². The summed E-state index contributed by atoms with van der Waals surface area (Å²) in [4.78, 5) is 20.3. The third kappa shape index (κ3) is 4.37. The molecule has 2 heterocycles. The lowest BCUT2D eigenvalue weighted by Crippen LogP contribution is -2.43. The number of urea groups is 1. The quantitative estimate of drug-likeness (QED) is 0.831. The molecule has 2 amide bonds. The second-order valence-electron chi connectivity index (χ2n) is 5.90. The van der Waals surface area contributed by atoms with E-state index in [1.54, 1.807) is 18.3 Å². The van der Waals surface area contributed by atoms with Crippen LogP contribution in [-0.4, -0.2) is 35.8 Å². The Labute approximate surface area is 154 Å². The first-order valence-electron chi connectivity index (χ1n) is 8.30. The molecule has 2 aromatic rings. The second kappa shape index (κ2) is 8.27. The third-order valence-electron chi connectivity index (χ3n) is 3.95. The fourth-order valence-electron chi connectivity index (χ4n) is 2.70. The van der Waals surface area contributed by atoms with Crippen LogP contribution in [0, 0.1) is 11.6 Å². The number of nitrogens with zero attached hydrogens (tertiary/aromatic N) is 2. The Morgan fingerprint density at radius 3 is 2.96 bits per heavy atom. The zero-order valence-corrected chi connectivity index (χ0v) is 15.1. The van der Waals surface area contributed by atoms with Gasteiger partial charge >= 0.3 is 6.03 Å². The van der Waals surface area contributed by atoms with Gasteiger partial charge in [-0.25, -0.2) is 13.6 Å². The number of hydrogen-bond acceptors (Lipinski definition) is 4. The maximum atomic E-state index is 14.0. The molecule has 0 bridgehead atoms. The highest BCUT2D eigenvalue weighted by molar-refractivity contribution is 7.12. The van der Waals surface area contributed by atoms with Crippen LogP contribution in [0.1, 0.15) is 23.8 Å². The Morgan fingerprint density at radius 1 is 1.42 bits per heavy atom. The normalized spacial score (nSPS) is 16.1. The predicted octanol–water partition coefficient (Wildman–Crippen LogP) is 3.75. The summed E-state index contributed by atoms with van der Waals surface area (Å²) in [5, 5.41) is 8.77. The van der Waals surface area contributed by atoms with E-state index in [1.807, 2.05) is 17.5 Å². The average molecular weight is 379 g/mol. The van der Waals surface area contributed by atoms with Crippen molar-refractivity contribution in [1.82, 2.24) is 10.2 Å². The number of carbonyl (C=O) groups is 1. The predicted molar refractivity (Wildman–Crippen MR) is 96.2 cm³/mol. The minimum atomic E-state index is -0.679. The molecule has 0 unspecified atom stereocenters. The van der Waals surface area contributed by atoms with Gasteiger partial charge in [0, 0.05) is 24.6 Å². The fraction of sp³-hybridized carbons (Fsp3) is 0.333. The highest BCUT2D eigenvalue weighted by atomic mass is 32.1. The Bertz CT molecular complexity index is 796. The minimum absolute atomic E-state index is 0.0200. The van der Waals surface area contributed by atoms with Gasteiger partial charge in [-0.2, -0.15) is 0 Å². The van der Waals surface area contributed by atoms with Crippen LogP contribution < -0.4 is 5.32 Å². The molecule has 1 aromatic carbocycles. The first-order valence-corrected chi connectivity index (χ1v) is 9.18. The van der Waals surface area contributed by atoms with Gasteiger partial charge in [-0.1, -0.05) is 17.3 Å².